The zero-order valence-electron chi connectivity index (χ0n) is 8.36. The molecule has 0 amide bonds. The van der Waals surface area contributed by atoms with Crippen LogP contribution in [0.15, 0.2) is 18.3 Å². The summed E-state index contributed by atoms with van der Waals surface area (Å²) in [6.07, 6.45) is 1.64. The summed E-state index contributed by atoms with van der Waals surface area (Å²) in [6, 6.07) is 3.55. The fraction of sp³-hybridized carbons (Fsp3) is 0.400. The molecule has 0 aromatic carbocycles. The van der Waals surface area contributed by atoms with Gasteiger partial charge in [-0.3, -0.25) is 4.98 Å². The van der Waals surface area contributed by atoms with Gasteiger partial charge in [-0.15, -0.1) is 0 Å². The van der Waals surface area contributed by atoms with Crippen LogP contribution in [0.5, 0.6) is 5.75 Å². The van der Waals surface area contributed by atoms with Gasteiger partial charge in [-0.1, -0.05) is 26.1 Å². The van der Waals surface area contributed by atoms with Crippen LogP contribution < -0.4 is 10.5 Å². The van der Waals surface area contributed by atoms with Gasteiger partial charge in [0, 0.05) is 12.3 Å². The Morgan fingerprint density at radius 1 is 1.64 bits per heavy atom. The highest BCUT2D eigenvalue weighted by Gasteiger charge is 2.01. The Labute approximate surface area is 89.3 Å². The lowest BCUT2D eigenvalue weighted by Gasteiger charge is -2.08. The SMILES string of the molecule is CC(C)COc1ccnc(C(N)=S)c1. The van der Waals surface area contributed by atoms with Crippen LogP contribution in [0.3, 0.4) is 0 Å². The number of aromatic nitrogens is 1. The van der Waals surface area contributed by atoms with Crippen molar-refractivity contribution >= 4 is 17.2 Å². The predicted octanol–water partition coefficient (Wildman–Crippen LogP) is 1.75. The smallest absolute Gasteiger partial charge is 0.123 e. The number of thiocarbonyl (C=S) groups is 1. The highest BCUT2D eigenvalue weighted by molar-refractivity contribution is 7.80. The molecule has 0 atom stereocenters. The molecule has 0 aliphatic rings. The average Bonchev–Trinajstić information content (AvgIpc) is 2.15. The number of hydrogen-bond acceptors (Lipinski definition) is 3. The third kappa shape index (κ3) is 3.30. The zero-order valence-corrected chi connectivity index (χ0v) is 9.17. The van der Waals surface area contributed by atoms with E-state index in [4.69, 9.17) is 22.7 Å². The molecule has 0 bridgehead atoms. The van der Waals surface area contributed by atoms with E-state index in [-0.39, 0.29) is 0 Å². The minimum atomic E-state index is 0.292. The first-order valence-electron chi connectivity index (χ1n) is 4.48. The molecule has 1 aromatic heterocycles. The second-order valence-corrected chi connectivity index (χ2v) is 3.89. The molecule has 0 fully saturated rings. The molecule has 0 aliphatic carbocycles. The van der Waals surface area contributed by atoms with Crippen molar-refractivity contribution in [1.82, 2.24) is 4.98 Å². The second-order valence-electron chi connectivity index (χ2n) is 3.45. The largest absolute Gasteiger partial charge is 0.493 e. The van der Waals surface area contributed by atoms with Crippen LogP contribution in [0, 0.1) is 5.92 Å². The number of rotatable bonds is 4. The van der Waals surface area contributed by atoms with Gasteiger partial charge in [-0.2, -0.15) is 0 Å². The normalized spacial score (nSPS) is 10.2. The van der Waals surface area contributed by atoms with E-state index in [9.17, 15) is 0 Å². The van der Waals surface area contributed by atoms with Crippen LogP contribution in [-0.2, 0) is 0 Å². The fourth-order valence-electron chi connectivity index (χ4n) is 0.899. The first-order valence-corrected chi connectivity index (χ1v) is 4.89. The number of nitrogens with two attached hydrogens (primary N) is 1. The van der Waals surface area contributed by atoms with Crippen LogP contribution in [-0.4, -0.2) is 16.6 Å². The van der Waals surface area contributed by atoms with Gasteiger partial charge in [0.25, 0.3) is 0 Å². The third-order valence-corrected chi connectivity index (χ3v) is 1.78. The summed E-state index contributed by atoms with van der Waals surface area (Å²) in [6.45, 7) is 4.87. The Kier molecular flexibility index (Phi) is 3.83. The topological polar surface area (TPSA) is 48.1 Å². The molecule has 0 saturated carbocycles. The highest BCUT2D eigenvalue weighted by atomic mass is 32.1. The van der Waals surface area contributed by atoms with Gasteiger partial charge in [0.2, 0.25) is 0 Å². The molecule has 1 rings (SSSR count). The standard InChI is InChI=1S/C10H14N2OS/c1-7(2)6-13-8-3-4-12-9(5-8)10(11)14/h3-5,7H,6H2,1-2H3,(H2,11,14). The summed E-state index contributed by atoms with van der Waals surface area (Å²) < 4.78 is 5.50. The summed E-state index contributed by atoms with van der Waals surface area (Å²) in [7, 11) is 0. The van der Waals surface area contributed by atoms with Crippen molar-refractivity contribution in [2.45, 2.75) is 13.8 Å². The lowest BCUT2D eigenvalue weighted by molar-refractivity contribution is 0.271. The van der Waals surface area contributed by atoms with Gasteiger partial charge < -0.3 is 10.5 Å². The summed E-state index contributed by atoms with van der Waals surface area (Å²) >= 11 is 4.82. The minimum absolute atomic E-state index is 0.292. The molecule has 0 radical (unpaired) electrons. The van der Waals surface area contributed by atoms with E-state index in [0.717, 1.165) is 5.75 Å². The van der Waals surface area contributed by atoms with Gasteiger partial charge in [0.05, 0.1) is 6.61 Å². The van der Waals surface area contributed by atoms with E-state index in [2.05, 4.69) is 18.8 Å². The third-order valence-electron chi connectivity index (χ3n) is 1.57. The van der Waals surface area contributed by atoms with E-state index in [1.165, 1.54) is 0 Å². The molecule has 0 aliphatic heterocycles. The van der Waals surface area contributed by atoms with E-state index < -0.39 is 0 Å². The van der Waals surface area contributed by atoms with Gasteiger partial charge in [0.15, 0.2) is 0 Å². The molecular weight excluding hydrogens is 196 g/mol. The monoisotopic (exact) mass is 210 g/mol. The van der Waals surface area contributed by atoms with Crippen molar-refractivity contribution in [3.8, 4) is 5.75 Å². The summed E-state index contributed by atoms with van der Waals surface area (Å²) in [5, 5.41) is 0. The molecule has 0 unspecified atom stereocenters. The minimum Gasteiger partial charge on any atom is -0.493 e. The molecular formula is C10H14N2OS. The molecule has 2 N–H and O–H groups in total. The van der Waals surface area contributed by atoms with E-state index in [0.29, 0.717) is 23.2 Å². The van der Waals surface area contributed by atoms with Gasteiger partial charge >= 0.3 is 0 Å². The molecule has 14 heavy (non-hydrogen) atoms. The average molecular weight is 210 g/mol. The van der Waals surface area contributed by atoms with Crippen molar-refractivity contribution in [3.63, 3.8) is 0 Å². The summed E-state index contributed by atoms with van der Waals surface area (Å²) in [4.78, 5) is 4.31. The Morgan fingerprint density at radius 3 is 2.93 bits per heavy atom. The Morgan fingerprint density at radius 2 is 2.36 bits per heavy atom. The highest BCUT2D eigenvalue weighted by Crippen LogP contribution is 2.11. The lowest BCUT2D eigenvalue weighted by atomic mass is 10.2. The molecule has 0 saturated heterocycles. The van der Waals surface area contributed by atoms with Gasteiger partial charge in [-0.25, -0.2) is 0 Å². The van der Waals surface area contributed by atoms with E-state index in [1.807, 2.05) is 0 Å². The maximum Gasteiger partial charge on any atom is 0.123 e. The Hall–Kier alpha value is -1.16. The second kappa shape index (κ2) is 4.91. The van der Waals surface area contributed by atoms with Crippen LogP contribution in [0.1, 0.15) is 19.5 Å². The van der Waals surface area contributed by atoms with Crippen LogP contribution >= 0.6 is 12.2 Å². The maximum atomic E-state index is 5.50. The molecule has 1 heterocycles. The molecule has 76 valence electrons. The summed E-state index contributed by atoms with van der Waals surface area (Å²) in [5.41, 5.74) is 6.05. The number of pyridine rings is 1. The first kappa shape index (κ1) is 10.9. The van der Waals surface area contributed by atoms with Crippen molar-refractivity contribution in [1.29, 1.82) is 0 Å². The van der Waals surface area contributed by atoms with E-state index in [1.54, 1.807) is 18.3 Å². The number of ether oxygens (including phenoxy) is 1. The molecule has 0 spiro atoms. The van der Waals surface area contributed by atoms with Crippen LogP contribution in [0.2, 0.25) is 0 Å². The quantitative estimate of drug-likeness (QED) is 0.769. The lowest BCUT2D eigenvalue weighted by Crippen LogP contribution is -2.12. The molecule has 1 aromatic rings. The fourth-order valence-corrected chi connectivity index (χ4v) is 1.01. The van der Waals surface area contributed by atoms with E-state index >= 15 is 0 Å². The summed E-state index contributed by atoms with van der Waals surface area (Å²) in [5.74, 6) is 1.26. The Bertz CT molecular complexity index is 326. The van der Waals surface area contributed by atoms with Crippen molar-refractivity contribution in [3.05, 3.63) is 24.0 Å². The zero-order chi connectivity index (χ0) is 10.6. The first-order chi connectivity index (χ1) is 6.59. The van der Waals surface area contributed by atoms with Gasteiger partial charge in [-0.05, 0) is 12.0 Å². The van der Waals surface area contributed by atoms with Crippen molar-refractivity contribution in [2.75, 3.05) is 6.61 Å². The Balaban J connectivity index is 2.69. The maximum absolute atomic E-state index is 5.50. The predicted molar refractivity (Wildman–Crippen MR) is 60.5 cm³/mol. The number of nitrogens with zero attached hydrogens (tertiary/aromatic N) is 1. The van der Waals surface area contributed by atoms with Gasteiger partial charge in [0.1, 0.15) is 16.4 Å². The van der Waals surface area contributed by atoms with Crippen LogP contribution in [0.4, 0.5) is 0 Å². The van der Waals surface area contributed by atoms with Crippen molar-refractivity contribution in [2.24, 2.45) is 11.7 Å². The van der Waals surface area contributed by atoms with Crippen molar-refractivity contribution < 1.29 is 4.74 Å². The molecule has 3 nitrogen and oxygen atoms in total. The van der Waals surface area contributed by atoms with Crippen LogP contribution in [0.25, 0.3) is 0 Å². The molecule has 4 heteroatoms. The number of hydrogen-bond donors (Lipinski definition) is 1.